The van der Waals surface area contributed by atoms with E-state index < -0.39 is 0 Å². The first-order chi connectivity index (χ1) is 8.38. The van der Waals surface area contributed by atoms with E-state index in [9.17, 15) is 0 Å². The zero-order chi connectivity index (χ0) is 13.3. The summed E-state index contributed by atoms with van der Waals surface area (Å²) in [6.45, 7) is 14.6. The molecule has 0 atom stereocenters. The van der Waals surface area contributed by atoms with Crippen LogP contribution in [0.2, 0.25) is 0 Å². The van der Waals surface area contributed by atoms with Crippen molar-refractivity contribution in [2.75, 3.05) is 6.54 Å². The highest BCUT2D eigenvalue weighted by atomic mass is 15.1. The van der Waals surface area contributed by atoms with E-state index in [-0.39, 0.29) is 0 Å². The van der Waals surface area contributed by atoms with Crippen LogP contribution >= 0.6 is 0 Å². The van der Waals surface area contributed by atoms with E-state index in [2.05, 4.69) is 44.5 Å². The molecule has 0 aromatic carbocycles. The molecular formula is C15H27N3. The number of nitrogens with one attached hydrogen (secondary N) is 1. The molecule has 1 aliphatic heterocycles. The van der Waals surface area contributed by atoms with Gasteiger partial charge in [0, 0.05) is 37.7 Å². The normalized spacial score (nSPS) is 16.1. The van der Waals surface area contributed by atoms with Crippen LogP contribution in [0, 0.1) is 5.41 Å². The Morgan fingerprint density at radius 3 is 2.67 bits per heavy atom. The van der Waals surface area contributed by atoms with Crippen molar-refractivity contribution < 1.29 is 0 Å². The first-order valence-corrected chi connectivity index (χ1v) is 7.17. The zero-order valence-corrected chi connectivity index (χ0v) is 12.5. The molecular weight excluding hydrogens is 222 g/mol. The molecule has 0 radical (unpaired) electrons. The van der Waals surface area contributed by atoms with Crippen LogP contribution in [0.5, 0.6) is 0 Å². The molecule has 3 nitrogen and oxygen atoms in total. The fraction of sp³-hybridized carbons (Fsp3) is 0.800. The Morgan fingerprint density at radius 1 is 1.33 bits per heavy atom. The van der Waals surface area contributed by atoms with E-state index in [4.69, 9.17) is 4.98 Å². The number of aromatic nitrogens is 2. The maximum Gasteiger partial charge on any atom is 0.111 e. The smallest absolute Gasteiger partial charge is 0.111 e. The molecule has 0 saturated heterocycles. The predicted octanol–water partition coefficient (Wildman–Crippen LogP) is 3.09. The molecule has 0 fully saturated rings. The van der Waals surface area contributed by atoms with Crippen molar-refractivity contribution >= 4 is 0 Å². The summed E-state index contributed by atoms with van der Waals surface area (Å²) in [6.07, 6.45) is 2.34. The summed E-state index contributed by atoms with van der Waals surface area (Å²) in [4.78, 5) is 4.85. The maximum atomic E-state index is 4.85. The van der Waals surface area contributed by atoms with Crippen molar-refractivity contribution in [2.24, 2.45) is 5.41 Å². The van der Waals surface area contributed by atoms with Crippen LogP contribution < -0.4 is 5.32 Å². The van der Waals surface area contributed by atoms with Crippen molar-refractivity contribution in [3.63, 3.8) is 0 Å². The summed E-state index contributed by atoms with van der Waals surface area (Å²) in [5, 5.41) is 3.42. The minimum Gasteiger partial charge on any atom is -0.331 e. The van der Waals surface area contributed by atoms with Crippen LogP contribution in [0.3, 0.4) is 0 Å². The fourth-order valence-electron chi connectivity index (χ4n) is 2.53. The summed E-state index contributed by atoms with van der Waals surface area (Å²) in [7, 11) is 0. The van der Waals surface area contributed by atoms with Crippen molar-refractivity contribution in [2.45, 2.75) is 66.5 Å². The van der Waals surface area contributed by atoms with Crippen LogP contribution in [0.25, 0.3) is 0 Å². The lowest BCUT2D eigenvalue weighted by atomic mass is 9.92. The Morgan fingerprint density at radius 2 is 2.06 bits per heavy atom. The molecule has 18 heavy (non-hydrogen) atoms. The van der Waals surface area contributed by atoms with E-state index in [0.717, 1.165) is 26.1 Å². The number of hydrogen-bond acceptors (Lipinski definition) is 2. The van der Waals surface area contributed by atoms with Crippen molar-refractivity contribution in [1.29, 1.82) is 0 Å². The molecule has 0 spiro atoms. The van der Waals surface area contributed by atoms with Gasteiger partial charge in [0.05, 0.1) is 5.69 Å². The quantitative estimate of drug-likeness (QED) is 0.892. The van der Waals surface area contributed by atoms with Gasteiger partial charge in [-0.25, -0.2) is 4.98 Å². The highest BCUT2D eigenvalue weighted by Crippen LogP contribution is 2.25. The van der Waals surface area contributed by atoms with Crippen LogP contribution in [0.4, 0.5) is 0 Å². The minimum absolute atomic E-state index is 0.387. The van der Waals surface area contributed by atoms with Crippen molar-refractivity contribution in [1.82, 2.24) is 14.9 Å². The van der Waals surface area contributed by atoms with E-state index in [1.807, 2.05) is 0 Å². The summed E-state index contributed by atoms with van der Waals surface area (Å²) < 4.78 is 2.49. The molecule has 102 valence electrons. The molecule has 0 amide bonds. The molecule has 0 unspecified atom stereocenters. The summed E-state index contributed by atoms with van der Waals surface area (Å²) >= 11 is 0. The lowest BCUT2D eigenvalue weighted by molar-refractivity contribution is 0.343. The molecule has 0 aliphatic carbocycles. The molecule has 1 aliphatic rings. The van der Waals surface area contributed by atoms with Crippen LogP contribution in [-0.2, 0) is 19.5 Å². The molecule has 0 saturated carbocycles. The van der Waals surface area contributed by atoms with Crippen molar-refractivity contribution in [3.8, 4) is 0 Å². The van der Waals surface area contributed by atoms with Crippen LogP contribution in [0.15, 0.2) is 0 Å². The van der Waals surface area contributed by atoms with Gasteiger partial charge in [0.1, 0.15) is 5.82 Å². The number of hydrogen-bond donors (Lipinski definition) is 1. The van der Waals surface area contributed by atoms with Gasteiger partial charge in [-0.3, -0.25) is 0 Å². The zero-order valence-electron chi connectivity index (χ0n) is 12.5. The third kappa shape index (κ3) is 2.94. The Kier molecular flexibility index (Phi) is 3.81. The SMILES string of the molecule is CC(C)c1nc2c(n1CCC(C)(C)C)CCNC2. The first-order valence-electron chi connectivity index (χ1n) is 7.17. The van der Waals surface area contributed by atoms with Gasteiger partial charge in [-0.15, -0.1) is 0 Å². The van der Waals surface area contributed by atoms with E-state index in [0.29, 0.717) is 11.3 Å². The predicted molar refractivity (Wildman–Crippen MR) is 75.8 cm³/mol. The minimum atomic E-state index is 0.387. The molecule has 0 bridgehead atoms. The topological polar surface area (TPSA) is 29.9 Å². The van der Waals surface area contributed by atoms with Gasteiger partial charge < -0.3 is 9.88 Å². The molecule has 1 aromatic heterocycles. The second-order valence-corrected chi connectivity index (χ2v) is 6.91. The Hall–Kier alpha value is -0.830. The van der Waals surface area contributed by atoms with Gasteiger partial charge in [-0.1, -0.05) is 34.6 Å². The second kappa shape index (κ2) is 5.04. The summed E-state index contributed by atoms with van der Waals surface area (Å²) in [6, 6.07) is 0. The molecule has 3 heteroatoms. The largest absolute Gasteiger partial charge is 0.331 e. The molecule has 1 N–H and O–H groups in total. The van der Waals surface area contributed by atoms with Gasteiger partial charge >= 0.3 is 0 Å². The monoisotopic (exact) mass is 249 g/mol. The average molecular weight is 249 g/mol. The molecule has 2 rings (SSSR count). The van der Waals surface area contributed by atoms with Crippen LogP contribution in [-0.4, -0.2) is 16.1 Å². The fourth-order valence-corrected chi connectivity index (χ4v) is 2.53. The van der Waals surface area contributed by atoms with Gasteiger partial charge in [-0.2, -0.15) is 0 Å². The summed E-state index contributed by atoms with van der Waals surface area (Å²) in [5.41, 5.74) is 3.14. The average Bonchev–Trinajstić information content (AvgIpc) is 2.64. The van der Waals surface area contributed by atoms with Gasteiger partial charge in [0.25, 0.3) is 0 Å². The number of nitrogens with zero attached hydrogens (tertiary/aromatic N) is 2. The highest BCUT2D eigenvalue weighted by Gasteiger charge is 2.22. The van der Waals surface area contributed by atoms with Crippen LogP contribution in [0.1, 0.15) is 64.2 Å². The highest BCUT2D eigenvalue weighted by molar-refractivity contribution is 5.21. The van der Waals surface area contributed by atoms with Gasteiger partial charge in [0.15, 0.2) is 0 Å². The van der Waals surface area contributed by atoms with Crippen molar-refractivity contribution in [3.05, 3.63) is 17.2 Å². The number of rotatable bonds is 3. The molecule has 2 heterocycles. The third-order valence-electron chi connectivity index (χ3n) is 3.62. The molecule has 1 aromatic rings. The Labute approximate surface area is 111 Å². The Bertz CT molecular complexity index is 410. The van der Waals surface area contributed by atoms with E-state index in [1.165, 1.54) is 23.6 Å². The lowest BCUT2D eigenvalue weighted by Crippen LogP contribution is -2.25. The number of fused-ring (bicyclic) bond motifs is 1. The standard InChI is InChI=1S/C15H27N3/c1-11(2)14-17-12-10-16-8-6-13(12)18(14)9-7-15(3,4)5/h11,16H,6-10H2,1-5H3. The second-order valence-electron chi connectivity index (χ2n) is 6.91. The van der Waals surface area contributed by atoms with Gasteiger partial charge in [-0.05, 0) is 11.8 Å². The number of imidazole rings is 1. The lowest BCUT2D eigenvalue weighted by Gasteiger charge is -2.22. The van der Waals surface area contributed by atoms with E-state index in [1.54, 1.807) is 0 Å². The maximum absolute atomic E-state index is 4.85. The van der Waals surface area contributed by atoms with E-state index >= 15 is 0 Å². The first kappa shape index (κ1) is 13.6. The Balaban J connectivity index is 2.28. The van der Waals surface area contributed by atoms with Gasteiger partial charge in [0.2, 0.25) is 0 Å². The summed E-state index contributed by atoms with van der Waals surface area (Å²) in [5.74, 6) is 1.78. The third-order valence-corrected chi connectivity index (χ3v) is 3.62.